The summed E-state index contributed by atoms with van der Waals surface area (Å²) in [6, 6.07) is 3.09. The highest BCUT2D eigenvalue weighted by atomic mass is 16.4. The fourth-order valence-corrected chi connectivity index (χ4v) is 2.78. The Balaban J connectivity index is 1.95. The van der Waals surface area contributed by atoms with E-state index >= 15 is 0 Å². The van der Waals surface area contributed by atoms with E-state index in [1.54, 1.807) is 6.07 Å². The van der Waals surface area contributed by atoms with Gasteiger partial charge in [0.2, 0.25) is 5.91 Å². The molecule has 1 saturated carbocycles. The van der Waals surface area contributed by atoms with Crippen molar-refractivity contribution in [2.75, 3.05) is 6.54 Å². The summed E-state index contributed by atoms with van der Waals surface area (Å²) < 4.78 is 0. The zero-order valence-corrected chi connectivity index (χ0v) is 12.0. The normalized spacial score (nSPS) is 17.2. The first-order chi connectivity index (χ1) is 10.1. The van der Waals surface area contributed by atoms with Gasteiger partial charge in [-0.3, -0.25) is 4.79 Å². The zero-order valence-electron chi connectivity index (χ0n) is 12.0. The molecule has 21 heavy (non-hydrogen) atoms. The second kappa shape index (κ2) is 6.67. The summed E-state index contributed by atoms with van der Waals surface area (Å²) in [5, 5.41) is 11.7. The van der Waals surface area contributed by atoms with Gasteiger partial charge in [0.15, 0.2) is 0 Å². The minimum atomic E-state index is -1.06. The van der Waals surface area contributed by atoms with Crippen LogP contribution in [0.1, 0.15) is 48.2 Å². The fraction of sp³-hybridized carbons (Fsp3) is 0.533. The molecule has 0 unspecified atom stereocenters. The number of amides is 1. The van der Waals surface area contributed by atoms with Crippen molar-refractivity contribution in [3.05, 3.63) is 29.6 Å². The summed E-state index contributed by atoms with van der Waals surface area (Å²) in [5.74, 6) is -1.07. The van der Waals surface area contributed by atoms with Crippen LogP contribution in [-0.4, -0.2) is 28.5 Å². The number of carboxylic acid groups (broad SMARTS) is 1. The Labute approximate surface area is 123 Å². The van der Waals surface area contributed by atoms with Gasteiger partial charge in [0, 0.05) is 19.3 Å². The fourth-order valence-electron chi connectivity index (χ4n) is 2.78. The molecular weight excluding hydrogens is 270 g/mol. The topological polar surface area (TPSA) is 105 Å². The Morgan fingerprint density at radius 2 is 2.00 bits per heavy atom. The van der Waals surface area contributed by atoms with Crippen molar-refractivity contribution in [1.29, 1.82) is 0 Å². The Hall–Kier alpha value is -1.95. The number of rotatable bonds is 5. The van der Waals surface area contributed by atoms with Gasteiger partial charge in [-0.15, -0.1) is 0 Å². The lowest BCUT2D eigenvalue weighted by atomic mass is 9.73. The number of hydrogen-bond donors (Lipinski definition) is 3. The predicted octanol–water partition coefficient (Wildman–Crippen LogP) is 1.31. The van der Waals surface area contributed by atoms with Gasteiger partial charge >= 0.3 is 5.97 Å². The van der Waals surface area contributed by atoms with E-state index in [2.05, 4.69) is 10.3 Å². The smallest absolute Gasteiger partial charge is 0.354 e. The van der Waals surface area contributed by atoms with Crippen LogP contribution in [0, 0.1) is 5.41 Å². The third-order valence-electron chi connectivity index (χ3n) is 4.18. The van der Waals surface area contributed by atoms with E-state index in [0.717, 1.165) is 37.7 Å². The molecule has 0 spiro atoms. The van der Waals surface area contributed by atoms with Crippen LogP contribution >= 0.6 is 0 Å². The van der Waals surface area contributed by atoms with Crippen LogP contribution in [0.15, 0.2) is 18.3 Å². The molecule has 1 aliphatic carbocycles. The van der Waals surface area contributed by atoms with Gasteiger partial charge < -0.3 is 16.2 Å². The van der Waals surface area contributed by atoms with Crippen molar-refractivity contribution in [1.82, 2.24) is 10.3 Å². The third kappa shape index (κ3) is 3.58. The first-order valence-corrected chi connectivity index (χ1v) is 7.24. The van der Waals surface area contributed by atoms with Gasteiger partial charge in [0.1, 0.15) is 5.69 Å². The maximum atomic E-state index is 12.4. The van der Waals surface area contributed by atoms with E-state index in [4.69, 9.17) is 10.8 Å². The molecule has 0 saturated heterocycles. The Bertz CT molecular complexity index is 507. The molecule has 4 N–H and O–H groups in total. The maximum Gasteiger partial charge on any atom is 0.354 e. The van der Waals surface area contributed by atoms with E-state index in [9.17, 15) is 9.59 Å². The van der Waals surface area contributed by atoms with Crippen molar-refractivity contribution in [2.24, 2.45) is 11.1 Å². The van der Waals surface area contributed by atoms with Crippen LogP contribution in [0.25, 0.3) is 0 Å². The lowest BCUT2D eigenvalue weighted by Gasteiger charge is -2.34. The van der Waals surface area contributed by atoms with Crippen molar-refractivity contribution < 1.29 is 14.7 Å². The number of carbonyl (C=O) groups is 2. The number of aromatic carboxylic acids is 1. The molecule has 0 aliphatic heterocycles. The standard InChI is InChI=1S/C15H21N3O3/c16-10-15(6-2-1-3-7-15)14(21)18-9-11-4-5-12(13(19)20)17-8-11/h4-5,8H,1-3,6-7,9-10,16H2,(H,18,21)(H,19,20). The molecule has 114 valence electrons. The number of nitrogens with zero attached hydrogens (tertiary/aromatic N) is 1. The quantitative estimate of drug-likeness (QED) is 0.758. The average molecular weight is 291 g/mol. The molecule has 2 rings (SSSR count). The number of carbonyl (C=O) groups excluding carboxylic acids is 1. The average Bonchev–Trinajstić information content (AvgIpc) is 2.53. The first kappa shape index (κ1) is 15.4. The third-order valence-corrected chi connectivity index (χ3v) is 4.18. The highest BCUT2D eigenvalue weighted by Gasteiger charge is 2.37. The molecule has 1 aromatic heterocycles. The number of nitrogens with one attached hydrogen (secondary N) is 1. The number of aromatic nitrogens is 1. The second-order valence-corrected chi connectivity index (χ2v) is 5.58. The lowest BCUT2D eigenvalue weighted by molar-refractivity contribution is -0.132. The number of nitrogens with two attached hydrogens (primary N) is 1. The van der Waals surface area contributed by atoms with Gasteiger partial charge in [0.25, 0.3) is 0 Å². The Morgan fingerprint density at radius 1 is 1.29 bits per heavy atom. The van der Waals surface area contributed by atoms with Crippen molar-refractivity contribution in [3.63, 3.8) is 0 Å². The summed E-state index contributed by atoms with van der Waals surface area (Å²) in [4.78, 5) is 26.9. The highest BCUT2D eigenvalue weighted by Crippen LogP contribution is 2.35. The molecule has 1 amide bonds. The Morgan fingerprint density at radius 3 is 2.52 bits per heavy atom. The Kier molecular flexibility index (Phi) is 4.90. The van der Waals surface area contributed by atoms with Crippen LogP contribution in [0.3, 0.4) is 0 Å². The second-order valence-electron chi connectivity index (χ2n) is 5.58. The van der Waals surface area contributed by atoms with Crippen molar-refractivity contribution >= 4 is 11.9 Å². The molecule has 0 bridgehead atoms. The van der Waals surface area contributed by atoms with Gasteiger partial charge in [-0.25, -0.2) is 9.78 Å². The first-order valence-electron chi connectivity index (χ1n) is 7.24. The van der Waals surface area contributed by atoms with E-state index in [0.29, 0.717) is 13.1 Å². The monoisotopic (exact) mass is 291 g/mol. The van der Waals surface area contributed by atoms with E-state index in [1.165, 1.54) is 12.3 Å². The van der Waals surface area contributed by atoms with E-state index < -0.39 is 11.4 Å². The molecule has 1 heterocycles. The van der Waals surface area contributed by atoms with Gasteiger partial charge in [-0.1, -0.05) is 25.3 Å². The van der Waals surface area contributed by atoms with Crippen molar-refractivity contribution in [2.45, 2.75) is 38.6 Å². The van der Waals surface area contributed by atoms with Crippen molar-refractivity contribution in [3.8, 4) is 0 Å². The molecule has 1 aliphatic rings. The molecule has 0 atom stereocenters. The molecule has 6 heteroatoms. The molecule has 1 fully saturated rings. The molecule has 6 nitrogen and oxygen atoms in total. The van der Waals surface area contributed by atoms with E-state index in [-0.39, 0.29) is 11.6 Å². The number of pyridine rings is 1. The molecule has 0 aromatic carbocycles. The van der Waals surface area contributed by atoms with E-state index in [1.807, 2.05) is 0 Å². The van der Waals surface area contributed by atoms with Crippen LogP contribution < -0.4 is 11.1 Å². The molecular formula is C15H21N3O3. The predicted molar refractivity (Wildman–Crippen MR) is 77.6 cm³/mol. The minimum Gasteiger partial charge on any atom is -0.477 e. The summed E-state index contributed by atoms with van der Waals surface area (Å²) in [6.07, 6.45) is 6.39. The van der Waals surface area contributed by atoms with Gasteiger partial charge in [-0.05, 0) is 24.5 Å². The lowest BCUT2D eigenvalue weighted by Crippen LogP contribution is -2.46. The minimum absolute atomic E-state index is 0.00390. The summed E-state index contributed by atoms with van der Waals surface area (Å²) >= 11 is 0. The highest BCUT2D eigenvalue weighted by molar-refractivity contribution is 5.85. The van der Waals surface area contributed by atoms with Crippen LogP contribution in [0.2, 0.25) is 0 Å². The summed E-state index contributed by atoms with van der Waals surface area (Å²) in [6.45, 7) is 0.711. The molecule has 1 aromatic rings. The summed E-state index contributed by atoms with van der Waals surface area (Å²) in [7, 11) is 0. The van der Waals surface area contributed by atoms with Crippen LogP contribution in [0.5, 0.6) is 0 Å². The van der Waals surface area contributed by atoms with Gasteiger partial charge in [-0.2, -0.15) is 0 Å². The SMILES string of the molecule is NCC1(C(=O)NCc2ccc(C(=O)O)nc2)CCCCC1. The van der Waals surface area contributed by atoms with Gasteiger partial charge in [0.05, 0.1) is 5.41 Å². The largest absolute Gasteiger partial charge is 0.477 e. The van der Waals surface area contributed by atoms with Crippen LogP contribution in [0.4, 0.5) is 0 Å². The molecule has 0 radical (unpaired) electrons. The van der Waals surface area contributed by atoms with Crippen LogP contribution in [-0.2, 0) is 11.3 Å². The zero-order chi connectivity index (χ0) is 15.3. The maximum absolute atomic E-state index is 12.4. The number of hydrogen-bond acceptors (Lipinski definition) is 4. The number of carboxylic acids is 1. The summed E-state index contributed by atoms with van der Waals surface area (Å²) in [5.41, 5.74) is 6.16.